The van der Waals surface area contributed by atoms with Gasteiger partial charge in [0.05, 0.1) is 12.2 Å². The molecule has 1 aliphatic heterocycles. The summed E-state index contributed by atoms with van der Waals surface area (Å²) < 4.78 is 4.96. The summed E-state index contributed by atoms with van der Waals surface area (Å²) in [5.74, 6) is -0.557. The van der Waals surface area contributed by atoms with Gasteiger partial charge in [0.1, 0.15) is 0 Å². The zero-order chi connectivity index (χ0) is 21.2. The van der Waals surface area contributed by atoms with Crippen LogP contribution in [0.1, 0.15) is 59.9 Å². The van der Waals surface area contributed by atoms with Crippen molar-refractivity contribution >= 4 is 29.2 Å². The van der Waals surface area contributed by atoms with Crippen LogP contribution in [0.3, 0.4) is 0 Å². The normalized spacial score (nSPS) is 15.3. The summed E-state index contributed by atoms with van der Waals surface area (Å²) in [6.45, 7) is 6.25. The second kappa shape index (κ2) is 8.07. The van der Waals surface area contributed by atoms with E-state index in [1.807, 2.05) is 12.1 Å². The molecule has 2 aromatic rings. The Morgan fingerprint density at radius 2 is 1.76 bits per heavy atom. The Hall–Kier alpha value is -3.15. The average molecular weight is 394 g/mol. The molecule has 2 aromatic carbocycles. The molecule has 0 bridgehead atoms. The van der Waals surface area contributed by atoms with Crippen LogP contribution in [0.5, 0.6) is 0 Å². The molecule has 0 fully saturated rings. The van der Waals surface area contributed by atoms with E-state index < -0.39 is 5.97 Å². The van der Waals surface area contributed by atoms with Crippen LogP contribution in [0, 0.1) is 0 Å². The van der Waals surface area contributed by atoms with Crippen LogP contribution in [0.15, 0.2) is 42.5 Å². The number of rotatable bonds is 4. The average Bonchev–Trinajstić information content (AvgIpc) is 2.79. The maximum absolute atomic E-state index is 12.8. The fourth-order valence-electron chi connectivity index (χ4n) is 3.48. The van der Waals surface area contributed by atoms with E-state index in [0.717, 1.165) is 17.7 Å². The number of carbonyl (C=O) groups excluding carboxylic acids is 3. The first-order valence-electron chi connectivity index (χ1n) is 9.72. The van der Waals surface area contributed by atoms with Crippen LogP contribution >= 0.6 is 0 Å². The number of ether oxygens (including phenoxy) is 1. The number of nitrogens with zero attached hydrogens (tertiary/aromatic N) is 1. The molecule has 6 heteroatoms. The molecular weight excluding hydrogens is 368 g/mol. The second-order valence-electron chi connectivity index (χ2n) is 7.82. The monoisotopic (exact) mass is 394 g/mol. The number of hydrogen-bond acceptors (Lipinski definition) is 4. The van der Waals surface area contributed by atoms with Crippen LogP contribution in [0.2, 0.25) is 0 Å². The van der Waals surface area contributed by atoms with Crippen molar-refractivity contribution in [3.63, 3.8) is 0 Å². The van der Waals surface area contributed by atoms with Crippen molar-refractivity contribution in [2.24, 2.45) is 0 Å². The number of esters is 1. The predicted octanol–water partition coefficient (Wildman–Crippen LogP) is 4.15. The fourth-order valence-corrected chi connectivity index (χ4v) is 3.48. The van der Waals surface area contributed by atoms with Crippen LogP contribution in [-0.4, -0.2) is 31.4 Å². The van der Waals surface area contributed by atoms with E-state index in [9.17, 15) is 14.4 Å². The maximum Gasteiger partial charge on any atom is 0.338 e. The minimum Gasteiger partial charge on any atom is -0.462 e. The third kappa shape index (κ3) is 4.31. The van der Waals surface area contributed by atoms with E-state index in [2.05, 4.69) is 19.2 Å². The van der Waals surface area contributed by atoms with Crippen molar-refractivity contribution in [2.45, 2.75) is 39.0 Å². The number of anilines is 2. The summed E-state index contributed by atoms with van der Waals surface area (Å²) in [6.07, 6.45) is 1.20. The molecule has 1 heterocycles. The fraction of sp³-hybridized carbons (Fsp3) is 0.348. The Morgan fingerprint density at radius 1 is 1.10 bits per heavy atom. The van der Waals surface area contributed by atoms with Gasteiger partial charge in [-0.25, -0.2) is 4.79 Å². The zero-order valence-corrected chi connectivity index (χ0v) is 17.2. The first-order chi connectivity index (χ1) is 13.7. The predicted molar refractivity (Wildman–Crippen MR) is 112 cm³/mol. The Bertz CT molecular complexity index is 948. The summed E-state index contributed by atoms with van der Waals surface area (Å²) >= 11 is 0. The molecule has 0 unspecified atom stereocenters. The van der Waals surface area contributed by atoms with Gasteiger partial charge in [-0.3, -0.25) is 9.59 Å². The third-order valence-corrected chi connectivity index (χ3v) is 5.34. The van der Waals surface area contributed by atoms with E-state index >= 15 is 0 Å². The quantitative estimate of drug-likeness (QED) is 0.791. The number of carbonyl (C=O) groups is 3. The number of fused-ring (bicyclic) bond motifs is 1. The van der Waals surface area contributed by atoms with E-state index in [1.54, 1.807) is 49.2 Å². The highest BCUT2D eigenvalue weighted by molar-refractivity contribution is 6.05. The molecule has 0 aliphatic carbocycles. The Balaban J connectivity index is 1.83. The lowest BCUT2D eigenvalue weighted by molar-refractivity contribution is -0.118. The Morgan fingerprint density at radius 3 is 2.41 bits per heavy atom. The first-order valence-corrected chi connectivity index (χ1v) is 9.72. The molecule has 0 atom stereocenters. The third-order valence-electron chi connectivity index (χ3n) is 5.34. The molecule has 0 radical (unpaired) electrons. The molecular formula is C23H26N2O4. The second-order valence-corrected chi connectivity index (χ2v) is 7.82. The zero-order valence-electron chi connectivity index (χ0n) is 17.2. The molecule has 0 saturated carbocycles. The number of amides is 2. The number of nitrogens with one attached hydrogen (secondary N) is 1. The Labute approximate surface area is 170 Å². The van der Waals surface area contributed by atoms with Crippen molar-refractivity contribution in [1.29, 1.82) is 0 Å². The van der Waals surface area contributed by atoms with Crippen LogP contribution in [0.25, 0.3) is 0 Å². The molecule has 152 valence electrons. The van der Waals surface area contributed by atoms with Gasteiger partial charge in [-0.2, -0.15) is 0 Å². The van der Waals surface area contributed by atoms with Crippen LogP contribution < -0.4 is 10.2 Å². The molecule has 1 N–H and O–H groups in total. The topological polar surface area (TPSA) is 75.7 Å². The van der Waals surface area contributed by atoms with Gasteiger partial charge in [-0.15, -0.1) is 0 Å². The highest BCUT2D eigenvalue weighted by Crippen LogP contribution is 2.39. The van der Waals surface area contributed by atoms with Crippen molar-refractivity contribution in [1.82, 2.24) is 0 Å². The SMILES string of the molecule is CCOC(=O)c1ccc(NC(=O)c2ccc3c(c2)C(C)(C)CCC(=O)N3C)cc1. The molecule has 0 aromatic heterocycles. The van der Waals surface area contributed by atoms with Crippen molar-refractivity contribution in [3.05, 3.63) is 59.2 Å². The standard InChI is InChI=1S/C23H26N2O4/c1-5-29-22(28)15-6-9-17(10-7-15)24-21(27)16-8-11-19-18(14-16)23(2,3)13-12-20(26)25(19)4/h6-11,14H,5,12-13H2,1-4H3,(H,24,27). The van der Waals surface area contributed by atoms with Gasteiger partial charge in [0.2, 0.25) is 5.91 Å². The van der Waals surface area contributed by atoms with Gasteiger partial charge in [0.25, 0.3) is 5.91 Å². The smallest absolute Gasteiger partial charge is 0.338 e. The summed E-state index contributed by atoms with van der Waals surface area (Å²) in [5.41, 5.74) is 3.15. The summed E-state index contributed by atoms with van der Waals surface area (Å²) in [6, 6.07) is 12.0. The number of hydrogen-bond donors (Lipinski definition) is 1. The molecule has 6 nitrogen and oxygen atoms in total. The highest BCUT2D eigenvalue weighted by atomic mass is 16.5. The van der Waals surface area contributed by atoms with Gasteiger partial charge < -0.3 is 15.0 Å². The maximum atomic E-state index is 12.8. The lowest BCUT2D eigenvalue weighted by Crippen LogP contribution is -2.25. The number of benzene rings is 2. The van der Waals surface area contributed by atoms with Crippen LogP contribution in [-0.2, 0) is 14.9 Å². The summed E-state index contributed by atoms with van der Waals surface area (Å²) in [4.78, 5) is 38.4. The molecule has 3 rings (SSSR count). The van der Waals surface area contributed by atoms with E-state index in [-0.39, 0.29) is 17.2 Å². The minimum atomic E-state index is -0.392. The van der Waals surface area contributed by atoms with Crippen molar-refractivity contribution in [3.8, 4) is 0 Å². The van der Waals surface area contributed by atoms with Gasteiger partial charge in [-0.05, 0) is 66.8 Å². The molecule has 0 saturated heterocycles. The van der Waals surface area contributed by atoms with E-state index in [4.69, 9.17) is 4.74 Å². The highest BCUT2D eigenvalue weighted by Gasteiger charge is 2.32. The van der Waals surface area contributed by atoms with Gasteiger partial charge in [0, 0.05) is 30.4 Å². The van der Waals surface area contributed by atoms with Crippen molar-refractivity contribution < 1.29 is 19.1 Å². The van der Waals surface area contributed by atoms with Gasteiger partial charge in [-0.1, -0.05) is 13.8 Å². The first kappa shape index (κ1) is 20.6. The van der Waals surface area contributed by atoms with Gasteiger partial charge >= 0.3 is 5.97 Å². The summed E-state index contributed by atoms with van der Waals surface area (Å²) in [5, 5.41) is 2.85. The lowest BCUT2D eigenvalue weighted by Gasteiger charge is -2.26. The van der Waals surface area contributed by atoms with Gasteiger partial charge in [0.15, 0.2) is 0 Å². The molecule has 29 heavy (non-hydrogen) atoms. The summed E-state index contributed by atoms with van der Waals surface area (Å²) in [7, 11) is 1.77. The van der Waals surface area contributed by atoms with E-state index in [0.29, 0.717) is 29.8 Å². The largest absolute Gasteiger partial charge is 0.462 e. The Kier molecular flexibility index (Phi) is 5.73. The molecule has 0 spiro atoms. The molecule has 1 aliphatic rings. The molecule has 2 amide bonds. The minimum absolute atomic E-state index is 0.0794. The van der Waals surface area contributed by atoms with Crippen LogP contribution in [0.4, 0.5) is 11.4 Å². The van der Waals surface area contributed by atoms with Crippen molar-refractivity contribution in [2.75, 3.05) is 23.9 Å². The van der Waals surface area contributed by atoms with E-state index in [1.165, 1.54) is 0 Å². The lowest BCUT2D eigenvalue weighted by atomic mass is 9.80.